The highest BCUT2D eigenvalue weighted by atomic mass is 79.9. The predicted octanol–water partition coefficient (Wildman–Crippen LogP) is 4.22. The Morgan fingerprint density at radius 1 is 0.900 bits per heavy atom. The first-order valence-electron chi connectivity index (χ1n) is 2.31. The number of hydrogen-bond donors (Lipinski definition) is 0. The highest BCUT2D eigenvalue weighted by molar-refractivity contribution is 8.93. The highest BCUT2D eigenvalue weighted by Crippen LogP contribution is 2.28. The second-order valence-corrected chi connectivity index (χ2v) is 2.73. The molecule has 0 atom stereocenters. The van der Waals surface area contributed by atoms with Crippen molar-refractivity contribution in [3.63, 3.8) is 0 Å². The van der Waals surface area contributed by atoms with Gasteiger partial charge in [-0.2, -0.15) is 0 Å². The predicted molar refractivity (Wildman–Crippen MR) is 51.8 cm³/mol. The average molecular weight is 262 g/mol. The summed E-state index contributed by atoms with van der Waals surface area (Å²) in [6, 6.07) is 5.13. The standard InChI is InChI=1S/C6H3Cl3.BrH/c7-4-2-1-3-5(8)6(4)9;/h1-3H;1H. The zero-order chi connectivity index (χ0) is 6.85. The van der Waals surface area contributed by atoms with Crippen molar-refractivity contribution in [1.82, 2.24) is 0 Å². The van der Waals surface area contributed by atoms with Crippen LogP contribution in [-0.2, 0) is 0 Å². The third-order valence-corrected chi connectivity index (χ3v) is 2.14. The summed E-state index contributed by atoms with van der Waals surface area (Å²) in [4.78, 5) is 0. The molecule has 4 heteroatoms. The maximum Gasteiger partial charge on any atom is 0.0778 e. The van der Waals surface area contributed by atoms with E-state index in [9.17, 15) is 0 Å². The van der Waals surface area contributed by atoms with Gasteiger partial charge in [-0.3, -0.25) is 0 Å². The van der Waals surface area contributed by atoms with Gasteiger partial charge in [0.1, 0.15) is 0 Å². The van der Waals surface area contributed by atoms with Crippen LogP contribution in [0.3, 0.4) is 0 Å². The number of rotatable bonds is 0. The number of hydrogen-bond acceptors (Lipinski definition) is 0. The molecule has 0 spiro atoms. The van der Waals surface area contributed by atoms with E-state index < -0.39 is 0 Å². The Hall–Kier alpha value is 0.570. The van der Waals surface area contributed by atoms with Gasteiger partial charge >= 0.3 is 0 Å². The van der Waals surface area contributed by atoms with Crippen LogP contribution in [0.5, 0.6) is 0 Å². The Labute approximate surface area is 84.9 Å². The molecule has 1 rings (SSSR count). The molecule has 0 aliphatic rings. The molecule has 10 heavy (non-hydrogen) atoms. The van der Waals surface area contributed by atoms with Crippen molar-refractivity contribution < 1.29 is 0 Å². The van der Waals surface area contributed by atoms with E-state index in [-0.39, 0.29) is 17.0 Å². The summed E-state index contributed by atoms with van der Waals surface area (Å²) in [7, 11) is 0. The Bertz CT molecular complexity index is 204. The van der Waals surface area contributed by atoms with Gasteiger partial charge in [-0.15, -0.1) is 17.0 Å². The van der Waals surface area contributed by atoms with Gasteiger partial charge in [0.15, 0.2) is 0 Å². The molecule has 0 radical (unpaired) electrons. The zero-order valence-corrected chi connectivity index (χ0v) is 8.76. The van der Waals surface area contributed by atoms with Gasteiger partial charge in [-0.05, 0) is 12.1 Å². The first-order valence-corrected chi connectivity index (χ1v) is 3.44. The monoisotopic (exact) mass is 260 g/mol. The molecule has 1 aromatic rings. The van der Waals surface area contributed by atoms with E-state index in [0.29, 0.717) is 15.1 Å². The smallest absolute Gasteiger partial charge is 0.0778 e. The van der Waals surface area contributed by atoms with E-state index in [1.165, 1.54) is 0 Å². The summed E-state index contributed by atoms with van der Waals surface area (Å²) in [5.74, 6) is 0. The fourth-order valence-electron chi connectivity index (χ4n) is 0.477. The van der Waals surface area contributed by atoms with Crippen molar-refractivity contribution in [2.24, 2.45) is 0 Å². The maximum atomic E-state index is 5.61. The highest BCUT2D eigenvalue weighted by Gasteiger charge is 1.98. The second-order valence-electron chi connectivity index (χ2n) is 1.54. The molecule has 1 aromatic carbocycles. The van der Waals surface area contributed by atoms with Crippen molar-refractivity contribution in [2.45, 2.75) is 0 Å². The molecule has 0 aliphatic carbocycles. The van der Waals surface area contributed by atoms with Crippen LogP contribution in [0.25, 0.3) is 0 Å². The van der Waals surface area contributed by atoms with Crippen LogP contribution in [-0.4, -0.2) is 0 Å². The Kier molecular flexibility index (Phi) is 4.70. The van der Waals surface area contributed by atoms with Gasteiger partial charge in [-0.1, -0.05) is 40.9 Å². The van der Waals surface area contributed by atoms with Crippen LogP contribution >= 0.6 is 51.8 Å². The van der Waals surface area contributed by atoms with Gasteiger partial charge in [0, 0.05) is 0 Å². The summed E-state index contributed by atoms with van der Waals surface area (Å²) in [5.41, 5.74) is 0. The van der Waals surface area contributed by atoms with E-state index >= 15 is 0 Å². The lowest BCUT2D eigenvalue weighted by atomic mass is 10.4. The lowest BCUT2D eigenvalue weighted by Gasteiger charge is -1.94. The molecule has 0 unspecified atom stereocenters. The lowest BCUT2D eigenvalue weighted by Crippen LogP contribution is -1.67. The summed E-state index contributed by atoms with van der Waals surface area (Å²) in [6.45, 7) is 0. The van der Waals surface area contributed by atoms with Crippen LogP contribution in [0.2, 0.25) is 15.1 Å². The van der Waals surface area contributed by atoms with E-state index in [1.54, 1.807) is 18.2 Å². The molecular weight excluding hydrogens is 258 g/mol. The van der Waals surface area contributed by atoms with Gasteiger partial charge < -0.3 is 0 Å². The molecule has 0 heterocycles. The van der Waals surface area contributed by atoms with Gasteiger partial charge in [0.05, 0.1) is 15.1 Å². The van der Waals surface area contributed by atoms with Crippen LogP contribution in [0.4, 0.5) is 0 Å². The SMILES string of the molecule is Br.Clc1cccc(Cl)c1Cl. The fraction of sp³-hybridized carbons (Fsp3) is 0. The summed E-state index contributed by atoms with van der Waals surface area (Å²) in [5, 5.41) is 1.40. The molecule has 0 amide bonds. The molecule has 0 nitrogen and oxygen atoms in total. The molecule has 0 bridgehead atoms. The molecule has 0 saturated heterocycles. The Morgan fingerprint density at radius 2 is 1.30 bits per heavy atom. The molecule has 0 fully saturated rings. The molecule has 0 saturated carbocycles. The Balaban J connectivity index is 0.000000810. The molecule has 0 aromatic heterocycles. The van der Waals surface area contributed by atoms with Crippen molar-refractivity contribution in [3.8, 4) is 0 Å². The molecule has 0 N–H and O–H groups in total. The van der Waals surface area contributed by atoms with Gasteiger partial charge in [0.25, 0.3) is 0 Å². The summed E-state index contributed by atoms with van der Waals surface area (Å²) < 4.78 is 0. The first kappa shape index (κ1) is 10.6. The molecular formula is C6H4BrCl3. The van der Waals surface area contributed by atoms with Crippen molar-refractivity contribution in [3.05, 3.63) is 33.3 Å². The van der Waals surface area contributed by atoms with E-state index in [0.717, 1.165) is 0 Å². The van der Waals surface area contributed by atoms with E-state index in [4.69, 9.17) is 34.8 Å². The third-order valence-electron chi connectivity index (χ3n) is 0.904. The van der Waals surface area contributed by atoms with Crippen molar-refractivity contribution in [2.75, 3.05) is 0 Å². The minimum absolute atomic E-state index is 0. The van der Waals surface area contributed by atoms with Gasteiger partial charge in [0.2, 0.25) is 0 Å². The van der Waals surface area contributed by atoms with Crippen LogP contribution in [0.1, 0.15) is 0 Å². The third kappa shape index (κ3) is 2.31. The Morgan fingerprint density at radius 3 is 1.60 bits per heavy atom. The fourth-order valence-corrected chi connectivity index (χ4v) is 1.00. The molecule has 56 valence electrons. The second kappa shape index (κ2) is 4.45. The van der Waals surface area contributed by atoms with Crippen LogP contribution < -0.4 is 0 Å². The van der Waals surface area contributed by atoms with Crippen molar-refractivity contribution >= 4 is 51.8 Å². The number of benzene rings is 1. The van der Waals surface area contributed by atoms with Gasteiger partial charge in [-0.25, -0.2) is 0 Å². The summed E-state index contributed by atoms with van der Waals surface area (Å²) in [6.07, 6.45) is 0. The summed E-state index contributed by atoms with van der Waals surface area (Å²) >= 11 is 16.8. The van der Waals surface area contributed by atoms with Crippen LogP contribution in [0.15, 0.2) is 18.2 Å². The number of halogens is 4. The first-order chi connectivity index (χ1) is 4.22. The zero-order valence-electron chi connectivity index (χ0n) is 4.77. The maximum absolute atomic E-state index is 5.61. The minimum atomic E-state index is 0. The van der Waals surface area contributed by atoms with E-state index in [2.05, 4.69) is 0 Å². The van der Waals surface area contributed by atoms with E-state index in [1.807, 2.05) is 0 Å². The van der Waals surface area contributed by atoms with Crippen LogP contribution in [0, 0.1) is 0 Å². The molecule has 0 aliphatic heterocycles. The minimum Gasteiger partial charge on any atom is -0.114 e. The average Bonchev–Trinajstić information content (AvgIpc) is 1.83. The normalized spacial score (nSPS) is 8.70. The largest absolute Gasteiger partial charge is 0.114 e. The quantitative estimate of drug-likeness (QED) is 0.614. The topological polar surface area (TPSA) is 0 Å². The van der Waals surface area contributed by atoms with Crippen molar-refractivity contribution in [1.29, 1.82) is 0 Å². The lowest BCUT2D eigenvalue weighted by molar-refractivity contribution is 1.70.